The molecular formula is C23H28N2O3S. The second-order valence-corrected chi connectivity index (χ2v) is 9.26. The zero-order valence-electron chi connectivity index (χ0n) is 17.7. The van der Waals surface area contributed by atoms with Gasteiger partial charge < -0.3 is 14.8 Å². The summed E-state index contributed by atoms with van der Waals surface area (Å²) in [5, 5.41) is 13.3. The predicted octanol–water partition coefficient (Wildman–Crippen LogP) is 5.43. The number of nitriles is 1. The Bertz CT molecular complexity index is 934. The molecule has 0 bridgehead atoms. The van der Waals surface area contributed by atoms with Gasteiger partial charge in [-0.1, -0.05) is 27.2 Å². The van der Waals surface area contributed by atoms with E-state index >= 15 is 0 Å². The van der Waals surface area contributed by atoms with E-state index in [1.807, 2.05) is 0 Å². The van der Waals surface area contributed by atoms with E-state index in [4.69, 9.17) is 9.47 Å². The van der Waals surface area contributed by atoms with Gasteiger partial charge in [0.25, 0.3) is 5.91 Å². The van der Waals surface area contributed by atoms with Crippen molar-refractivity contribution < 1.29 is 14.3 Å². The van der Waals surface area contributed by atoms with E-state index in [1.165, 1.54) is 4.88 Å². The predicted molar refractivity (Wildman–Crippen MR) is 116 cm³/mol. The second kappa shape index (κ2) is 8.46. The van der Waals surface area contributed by atoms with Crippen LogP contribution >= 0.6 is 11.3 Å². The molecule has 1 amide bonds. The number of benzene rings is 1. The van der Waals surface area contributed by atoms with E-state index in [0.29, 0.717) is 33.5 Å². The summed E-state index contributed by atoms with van der Waals surface area (Å²) < 4.78 is 10.5. The van der Waals surface area contributed by atoms with Crippen molar-refractivity contribution in [1.82, 2.24) is 0 Å². The third kappa shape index (κ3) is 4.25. The molecule has 0 fully saturated rings. The Hall–Kier alpha value is -2.52. The molecule has 29 heavy (non-hydrogen) atoms. The fourth-order valence-electron chi connectivity index (χ4n) is 3.86. The number of carbonyl (C=O) groups excluding carboxylic acids is 1. The molecule has 0 spiro atoms. The molecular weight excluding hydrogens is 384 g/mol. The van der Waals surface area contributed by atoms with Crippen LogP contribution in [0, 0.1) is 22.7 Å². The molecule has 1 unspecified atom stereocenters. The van der Waals surface area contributed by atoms with Crippen LogP contribution in [0.3, 0.4) is 0 Å². The maximum atomic E-state index is 12.9. The summed E-state index contributed by atoms with van der Waals surface area (Å²) in [4.78, 5) is 14.1. The maximum absolute atomic E-state index is 12.9. The van der Waals surface area contributed by atoms with E-state index in [0.717, 1.165) is 31.2 Å². The molecule has 2 aromatic rings. The van der Waals surface area contributed by atoms with Gasteiger partial charge in [-0.15, -0.1) is 11.3 Å². The van der Waals surface area contributed by atoms with Crippen LogP contribution in [0.2, 0.25) is 0 Å². The minimum atomic E-state index is -0.275. The molecule has 5 nitrogen and oxygen atoms in total. The lowest BCUT2D eigenvalue weighted by atomic mass is 9.69. The van der Waals surface area contributed by atoms with E-state index in [2.05, 4.69) is 32.2 Å². The van der Waals surface area contributed by atoms with Gasteiger partial charge in [0.2, 0.25) is 0 Å². The zero-order chi connectivity index (χ0) is 21.2. The van der Waals surface area contributed by atoms with Crippen molar-refractivity contribution in [1.29, 1.82) is 5.26 Å². The monoisotopic (exact) mass is 412 g/mol. The van der Waals surface area contributed by atoms with Crippen molar-refractivity contribution in [3.8, 4) is 17.6 Å². The minimum absolute atomic E-state index is 0.273. The van der Waals surface area contributed by atoms with Gasteiger partial charge in [-0.25, -0.2) is 0 Å². The molecule has 0 saturated carbocycles. The number of anilines is 1. The SMILES string of the molecule is CCC(C)(C)C1CCc2c(sc(NC(=O)c3cc(OC)cc(OC)c3)c2C#N)C1. The van der Waals surface area contributed by atoms with Gasteiger partial charge in [0, 0.05) is 16.5 Å². The molecule has 6 heteroatoms. The van der Waals surface area contributed by atoms with Crippen LogP contribution in [0.1, 0.15) is 60.0 Å². The smallest absolute Gasteiger partial charge is 0.256 e. The number of rotatable bonds is 6. The number of amides is 1. The molecule has 0 radical (unpaired) electrons. The van der Waals surface area contributed by atoms with Gasteiger partial charge in [-0.3, -0.25) is 4.79 Å². The van der Waals surface area contributed by atoms with Gasteiger partial charge >= 0.3 is 0 Å². The molecule has 0 saturated heterocycles. The van der Waals surface area contributed by atoms with E-state index < -0.39 is 0 Å². The first-order chi connectivity index (χ1) is 13.8. The first-order valence-electron chi connectivity index (χ1n) is 9.92. The first-order valence-corrected chi connectivity index (χ1v) is 10.7. The lowest BCUT2D eigenvalue weighted by Gasteiger charge is -2.36. The topological polar surface area (TPSA) is 71.3 Å². The molecule has 1 N–H and O–H groups in total. The summed E-state index contributed by atoms with van der Waals surface area (Å²) in [6.07, 6.45) is 4.08. The number of carbonyl (C=O) groups is 1. The zero-order valence-corrected chi connectivity index (χ0v) is 18.5. The number of methoxy groups -OCH3 is 2. The Morgan fingerprint density at radius 3 is 2.48 bits per heavy atom. The third-order valence-corrected chi connectivity index (χ3v) is 7.40. The lowest BCUT2D eigenvalue weighted by molar-refractivity contribution is 0.102. The molecule has 154 valence electrons. The van der Waals surface area contributed by atoms with Crippen LogP contribution in [0.5, 0.6) is 11.5 Å². The quantitative estimate of drug-likeness (QED) is 0.687. The number of fused-ring (bicyclic) bond motifs is 1. The highest BCUT2D eigenvalue weighted by Crippen LogP contribution is 2.45. The lowest BCUT2D eigenvalue weighted by Crippen LogP contribution is -2.28. The summed E-state index contributed by atoms with van der Waals surface area (Å²) in [6, 6.07) is 7.37. The molecule has 1 heterocycles. The van der Waals surface area contributed by atoms with Crippen LogP contribution < -0.4 is 14.8 Å². The van der Waals surface area contributed by atoms with Crippen LogP contribution in [0.4, 0.5) is 5.00 Å². The fourth-order valence-corrected chi connectivity index (χ4v) is 5.13. The fraction of sp³-hybridized carbons (Fsp3) is 0.478. The second-order valence-electron chi connectivity index (χ2n) is 8.16. The van der Waals surface area contributed by atoms with Crippen molar-refractivity contribution in [2.45, 2.75) is 46.5 Å². The highest BCUT2D eigenvalue weighted by Gasteiger charge is 2.34. The molecule has 1 aliphatic rings. The molecule has 1 aliphatic carbocycles. The third-order valence-electron chi connectivity index (χ3n) is 6.23. The normalized spacial score (nSPS) is 15.9. The molecule has 0 aliphatic heterocycles. The van der Waals surface area contributed by atoms with Crippen LogP contribution in [-0.4, -0.2) is 20.1 Å². The van der Waals surface area contributed by atoms with Gasteiger partial charge in [-0.05, 0) is 48.3 Å². The van der Waals surface area contributed by atoms with Crippen molar-refractivity contribution >= 4 is 22.2 Å². The van der Waals surface area contributed by atoms with E-state index in [9.17, 15) is 10.1 Å². The molecule has 1 aromatic carbocycles. The Kier molecular flexibility index (Phi) is 6.18. The highest BCUT2D eigenvalue weighted by molar-refractivity contribution is 7.16. The summed E-state index contributed by atoms with van der Waals surface area (Å²) in [7, 11) is 3.09. The van der Waals surface area contributed by atoms with Crippen molar-refractivity contribution in [3.63, 3.8) is 0 Å². The average Bonchev–Trinajstić information content (AvgIpc) is 3.09. The van der Waals surface area contributed by atoms with Crippen LogP contribution in [-0.2, 0) is 12.8 Å². The summed E-state index contributed by atoms with van der Waals surface area (Å²) in [5.74, 6) is 1.41. The van der Waals surface area contributed by atoms with Crippen LogP contribution in [0.15, 0.2) is 18.2 Å². The first kappa shape index (κ1) is 21.2. The van der Waals surface area contributed by atoms with Gasteiger partial charge in [0.05, 0.1) is 19.8 Å². The average molecular weight is 413 g/mol. The van der Waals surface area contributed by atoms with Gasteiger partial charge in [0.1, 0.15) is 22.6 Å². The largest absolute Gasteiger partial charge is 0.497 e. The summed E-state index contributed by atoms with van der Waals surface area (Å²) in [6.45, 7) is 6.87. The summed E-state index contributed by atoms with van der Waals surface area (Å²) >= 11 is 1.54. The highest BCUT2D eigenvalue weighted by atomic mass is 32.1. The maximum Gasteiger partial charge on any atom is 0.256 e. The molecule has 3 rings (SSSR count). The van der Waals surface area contributed by atoms with Gasteiger partial charge in [0.15, 0.2) is 0 Å². The van der Waals surface area contributed by atoms with Crippen molar-refractivity contribution in [2.24, 2.45) is 11.3 Å². The Labute approximate surface area is 176 Å². The Balaban J connectivity index is 1.88. The summed E-state index contributed by atoms with van der Waals surface area (Å²) in [5.41, 5.74) is 2.43. The Morgan fingerprint density at radius 2 is 1.93 bits per heavy atom. The number of hydrogen-bond acceptors (Lipinski definition) is 5. The number of ether oxygens (including phenoxy) is 2. The Morgan fingerprint density at radius 1 is 1.28 bits per heavy atom. The van der Waals surface area contributed by atoms with Crippen molar-refractivity contribution in [2.75, 3.05) is 19.5 Å². The van der Waals surface area contributed by atoms with E-state index in [-0.39, 0.29) is 11.3 Å². The van der Waals surface area contributed by atoms with Crippen molar-refractivity contribution in [3.05, 3.63) is 39.8 Å². The van der Waals surface area contributed by atoms with E-state index in [1.54, 1.807) is 43.8 Å². The van der Waals surface area contributed by atoms with Gasteiger partial charge in [-0.2, -0.15) is 5.26 Å². The minimum Gasteiger partial charge on any atom is -0.497 e. The molecule has 1 atom stereocenters. The number of nitrogens with zero attached hydrogens (tertiary/aromatic N) is 1. The number of nitrogens with one attached hydrogen (secondary N) is 1. The number of hydrogen-bond donors (Lipinski definition) is 1. The number of thiophene rings is 1. The molecule has 1 aromatic heterocycles. The van der Waals surface area contributed by atoms with Crippen LogP contribution in [0.25, 0.3) is 0 Å². The standard InChI is InChI=1S/C23H28N2O3S/c1-6-23(2,3)15-7-8-18-19(13-24)22(29-20(18)11-15)25-21(26)14-9-16(27-4)12-17(10-14)28-5/h9-10,12,15H,6-8,11H2,1-5H3,(H,25,26).